The lowest BCUT2D eigenvalue weighted by Gasteiger charge is -2.31. The van der Waals surface area contributed by atoms with Crippen molar-refractivity contribution in [3.8, 4) is 0 Å². The number of fused-ring (bicyclic) bond motifs is 2. The first-order chi connectivity index (χ1) is 18.1. The molecule has 0 unspecified atom stereocenters. The number of anilines is 1. The number of nitro groups is 1. The van der Waals surface area contributed by atoms with E-state index < -0.39 is 44.7 Å². The van der Waals surface area contributed by atoms with Gasteiger partial charge in [-0.3, -0.25) is 33.9 Å². The van der Waals surface area contributed by atoms with Crippen LogP contribution in [0.25, 0.3) is 0 Å². The smallest absolute Gasteiger partial charge is 0.326 e. The second-order valence-corrected chi connectivity index (χ2v) is 11.3. The Morgan fingerprint density at radius 1 is 1.11 bits per heavy atom. The van der Waals surface area contributed by atoms with E-state index in [4.69, 9.17) is 27.9 Å². The van der Waals surface area contributed by atoms with Crippen molar-refractivity contribution in [1.29, 1.82) is 0 Å². The number of nitro benzene ring substituents is 1. The number of imide groups is 1. The van der Waals surface area contributed by atoms with E-state index in [9.17, 15) is 29.3 Å². The van der Waals surface area contributed by atoms with Gasteiger partial charge in [0.1, 0.15) is 11.8 Å². The van der Waals surface area contributed by atoms with Gasteiger partial charge >= 0.3 is 10.8 Å². The lowest BCUT2D eigenvalue weighted by Crippen LogP contribution is -2.33. The van der Waals surface area contributed by atoms with Crippen molar-refractivity contribution in [3.63, 3.8) is 0 Å². The van der Waals surface area contributed by atoms with Gasteiger partial charge in [0.05, 0.1) is 38.2 Å². The van der Waals surface area contributed by atoms with Gasteiger partial charge in [0, 0.05) is 22.9 Å². The number of amides is 2. The van der Waals surface area contributed by atoms with Crippen LogP contribution in [0.1, 0.15) is 23.3 Å². The molecule has 5 rings (SSSR count). The van der Waals surface area contributed by atoms with E-state index in [-0.39, 0.29) is 34.6 Å². The number of hydrogen-bond acceptors (Lipinski definition) is 9. The van der Waals surface area contributed by atoms with Crippen LogP contribution in [-0.4, -0.2) is 39.1 Å². The van der Waals surface area contributed by atoms with E-state index in [0.717, 1.165) is 28.0 Å². The lowest BCUT2D eigenvalue weighted by molar-refractivity contribution is -0.384. The Morgan fingerprint density at radius 3 is 2.47 bits per heavy atom. The van der Waals surface area contributed by atoms with Crippen molar-refractivity contribution >= 4 is 75.5 Å². The molecule has 14 heteroatoms. The SMILES string of the molecule is CCOC(=O)Cn1c2c(sc1=O)[C@@H](c1cccc(Cl)c1Cl)[C@@H]1C(=O)N(c3ccc([N+](=O)[O-])cc3)C(=O)[C@@H]1S2. The normalized spacial score (nSPS) is 20.3. The van der Waals surface area contributed by atoms with Crippen molar-refractivity contribution in [3.05, 3.63) is 82.7 Å². The number of carbonyl (C=O) groups excluding carboxylic acids is 3. The zero-order chi connectivity index (χ0) is 27.3. The first kappa shape index (κ1) is 26.4. The Balaban J connectivity index is 1.65. The standard InChI is InChI=1S/C24H17Cl2N3O7S2/c1-2-36-15(30)10-27-23-20(38-24(27)33)16(13-4-3-5-14(25)18(13)26)17-19(37-23)22(32)28(21(17)31)11-6-8-12(9-7-11)29(34)35/h3-9,16-17,19H,2,10H2,1H3/t16-,17-,19+/m0/s1. The summed E-state index contributed by atoms with van der Waals surface area (Å²) in [6, 6.07) is 10.0. The Labute approximate surface area is 233 Å². The molecule has 2 amide bonds. The highest BCUT2D eigenvalue weighted by molar-refractivity contribution is 8.00. The fourth-order valence-corrected chi connectivity index (χ4v) is 7.85. The second kappa shape index (κ2) is 10.2. The third-order valence-corrected chi connectivity index (χ3v) is 9.71. The fourth-order valence-electron chi connectivity index (χ4n) is 4.66. The number of rotatable bonds is 6. The summed E-state index contributed by atoms with van der Waals surface area (Å²) >= 11 is 14.8. The van der Waals surface area contributed by atoms with Crippen LogP contribution in [0, 0.1) is 16.0 Å². The zero-order valence-electron chi connectivity index (χ0n) is 19.5. The van der Waals surface area contributed by atoms with Crippen LogP contribution in [0.15, 0.2) is 52.3 Å². The third-order valence-electron chi connectivity index (χ3n) is 6.28. The number of non-ortho nitro benzene ring substituents is 1. The number of esters is 1. The van der Waals surface area contributed by atoms with Gasteiger partial charge in [-0.1, -0.05) is 58.4 Å². The number of aromatic nitrogens is 1. The van der Waals surface area contributed by atoms with Crippen molar-refractivity contribution in [1.82, 2.24) is 4.57 Å². The predicted octanol–water partition coefficient (Wildman–Crippen LogP) is 4.48. The van der Waals surface area contributed by atoms with Gasteiger partial charge in [-0.2, -0.15) is 0 Å². The topological polar surface area (TPSA) is 129 Å². The molecular formula is C24H17Cl2N3O7S2. The molecule has 196 valence electrons. The van der Waals surface area contributed by atoms with Crippen LogP contribution in [-0.2, 0) is 25.7 Å². The number of benzene rings is 2. The van der Waals surface area contributed by atoms with E-state index in [0.29, 0.717) is 15.5 Å². The summed E-state index contributed by atoms with van der Waals surface area (Å²) in [6.45, 7) is 1.43. The summed E-state index contributed by atoms with van der Waals surface area (Å²) in [5, 5.41) is 10.9. The molecule has 0 N–H and O–H groups in total. The number of ether oxygens (including phenoxy) is 1. The molecule has 1 saturated heterocycles. The molecule has 10 nitrogen and oxygen atoms in total. The van der Waals surface area contributed by atoms with Crippen LogP contribution in [0.5, 0.6) is 0 Å². The highest BCUT2D eigenvalue weighted by atomic mass is 35.5. The van der Waals surface area contributed by atoms with Gasteiger partial charge in [0.25, 0.3) is 5.69 Å². The molecule has 0 radical (unpaired) electrons. The van der Waals surface area contributed by atoms with Gasteiger partial charge in [-0.05, 0) is 30.7 Å². The number of thiazole rings is 1. The molecule has 0 saturated carbocycles. The number of carbonyl (C=O) groups is 3. The second-order valence-electron chi connectivity index (χ2n) is 8.40. The maximum absolute atomic E-state index is 13.8. The summed E-state index contributed by atoms with van der Waals surface area (Å²) < 4.78 is 6.26. The molecule has 0 spiro atoms. The Morgan fingerprint density at radius 2 is 1.82 bits per heavy atom. The largest absolute Gasteiger partial charge is 0.465 e. The van der Waals surface area contributed by atoms with Crippen LogP contribution in [0.2, 0.25) is 10.0 Å². The summed E-state index contributed by atoms with van der Waals surface area (Å²) in [7, 11) is 0. The van der Waals surface area contributed by atoms with Crippen LogP contribution in [0.4, 0.5) is 11.4 Å². The maximum Gasteiger partial charge on any atom is 0.326 e. The third kappa shape index (κ3) is 4.31. The Hall–Kier alpha value is -3.19. The molecule has 3 atom stereocenters. The number of thioether (sulfide) groups is 1. The molecule has 1 aromatic heterocycles. The van der Waals surface area contributed by atoms with Crippen LogP contribution < -0.4 is 9.77 Å². The first-order valence-corrected chi connectivity index (χ1v) is 13.7. The predicted molar refractivity (Wildman–Crippen MR) is 142 cm³/mol. The van der Waals surface area contributed by atoms with Crippen molar-refractivity contribution < 1.29 is 24.0 Å². The van der Waals surface area contributed by atoms with Gasteiger partial charge in [-0.15, -0.1) is 0 Å². The summed E-state index contributed by atoms with van der Waals surface area (Å²) in [4.78, 5) is 64.3. The Bertz CT molecular complexity index is 1550. The molecule has 2 aliphatic rings. The molecule has 3 aromatic rings. The van der Waals surface area contributed by atoms with E-state index in [1.165, 1.54) is 28.8 Å². The highest BCUT2D eigenvalue weighted by Crippen LogP contribution is 2.55. The molecule has 1 fully saturated rings. The number of hydrogen-bond donors (Lipinski definition) is 0. The number of nitrogens with zero attached hydrogens (tertiary/aromatic N) is 3. The van der Waals surface area contributed by atoms with E-state index in [1.54, 1.807) is 25.1 Å². The zero-order valence-corrected chi connectivity index (χ0v) is 22.6. The Kier molecular flexibility index (Phi) is 7.07. The van der Waals surface area contributed by atoms with Crippen LogP contribution >= 0.6 is 46.3 Å². The molecule has 38 heavy (non-hydrogen) atoms. The maximum atomic E-state index is 13.8. The van der Waals surface area contributed by atoms with Crippen molar-refractivity contribution in [2.75, 3.05) is 11.5 Å². The van der Waals surface area contributed by atoms with E-state index >= 15 is 0 Å². The van der Waals surface area contributed by atoms with E-state index in [2.05, 4.69) is 0 Å². The van der Waals surface area contributed by atoms with E-state index in [1.807, 2.05) is 0 Å². The highest BCUT2D eigenvalue weighted by Gasteiger charge is 2.57. The lowest BCUT2D eigenvalue weighted by atomic mass is 9.83. The minimum Gasteiger partial charge on any atom is -0.465 e. The molecule has 2 aliphatic heterocycles. The molecule has 3 heterocycles. The molecule has 0 bridgehead atoms. The summed E-state index contributed by atoms with van der Waals surface area (Å²) in [5.41, 5.74) is 0.462. The van der Waals surface area contributed by atoms with Gasteiger partial charge in [-0.25, -0.2) is 4.90 Å². The van der Waals surface area contributed by atoms with Gasteiger partial charge < -0.3 is 4.74 Å². The van der Waals surface area contributed by atoms with Gasteiger partial charge in [0.2, 0.25) is 11.8 Å². The molecular weight excluding hydrogens is 577 g/mol. The molecule has 0 aliphatic carbocycles. The summed E-state index contributed by atoms with van der Waals surface area (Å²) in [6.07, 6.45) is 0. The minimum absolute atomic E-state index is 0.135. The van der Waals surface area contributed by atoms with Crippen molar-refractivity contribution in [2.24, 2.45) is 5.92 Å². The van der Waals surface area contributed by atoms with Crippen molar-refractivity contribution in [2.45, 2.75) is 29.7 Å². The quantitative estimate of drug-likeness (QED) is 0.177. The van der Waals surface area contributed by atoms with Gasteiger partial charge in [0.15, 0.2) is 0 Å². The number of halogens is 2. The van der Waals surface area contributed by atoms with Crippen LogP contribution in [0.3, 0.4) is 0 Å². The molecule has 2 aromatic carbocycles. The average Bonchev–Trinajstić information content (AvgIpc) is 3.32. The summed E-state index contributed by atoms with van der Waals surface area (Å²) in [5.74, 6) is -3.44. The monoisotopic (exact) mass is 593 g/mol. The average molecular weight is 594 g/mol. The fraction of sp³-hybridized carbons (Fsp3) is 0.250. The minimum atomic E-state index is -0.951. The first-order valence-electron chi connectivity index (χ1n) is 11.3.